The highest BCUT2D eigenvalue weighted by atomic mass is 16.3. The number of benzene rings is 1. The van der Waals surface area contributed by atoms with E-state index >= 15 is 0 Å². The van der Waals surface area contributed by atoms with E-state index in [0.717, 1.165) is 39.5 Å². The van der Waals surface area contributed by atoms with Gasteiger partial charge in [0.05, 0.1) is 0 Å². The second-order valence-electron chi connectivity index (χ2n) is 8.87. The van der Waals surface area contributed by atoms with Crippen LogP contribution in [-0.2, 0) is 0 Å². The van der Waals surface area contributed by atoms with E-state index in [-0.39, 0.29) is 6.85 Å². The summed E-state index contributed by atoms with van der Waals surface area (Å²) in [6.07, 6.45) is 5.85. The van der Waals surface area contributed by atoms with Crippen LogP contribution in [0.25, 0.3) is 17.2 Å². The molecule has 6 rings (SSSR count). The maximum atomic E-state index is 6.26. The predicted molar refractivity (Wildman–Crippen MR) is 130 cm³/mol. The minimum absolute atomic E-state index is 0.00717. The van der Waals surface area contributed by atoms with E-state index < -0.39 is 5.66 Å². The maximum absolute atomic E-state index is 6.26. The Morgan fingerprint density at radius 1 is 0.938 bits per heavy atom. The number of aromatic nitrogens is 2. The Kier molecular flexibility index (Phi) is 3.93. The molecule has 7 heteroatoms. The van der Waals surface area contributed by atoms with Gasteiger partial charge in [0.1, 0.15) is 17.0 Å². The lowest BCUT2D eigenvalue weighted by molar-refractivity contribution is 0.352. The molecule has 0 aliphatic carbocycles. The van der Waals surface area contributed by atoms with Crippen molar-refractivity contribution in [2.75, 3.05) is 9.91 Å². The molecule has 2 aliphatic rings. The third kappa shape index (κ3) is 2.48. The fourth-order valence-corrected chi connectivity index (χ4v) is 5.22. The minimum atomic E-state index is -0.400. The number of allylic oxidation sites excluding steroid dienone is 1. The number of pyridine rings is 2. The normalized spacial score (nSPS) is 16.9. The number of para-hydroxylation sites is 1. The molecule has 4 aromatic rings. The molecule has 0 amide bonds. The number of rotatable bonds is 2. The van der Waals surface area contributed by atoms with Gasteiger partial charge in [-0.3, -0.25) is 9.91 Å². The number of nitrogens with zero attached hydrogens (tertiary/aromatic N) is 5. The third-order valence-electron chi connectivity index (χ3n) is 6.50. The van der Waals surface area contributed by atoms with E-state index in [1.165, 1.54) is 0 Å². The van der Waals surface area contributed by atoms with Crippen LogP contribution in [0.15, 0.2) is 77.1 Å². The Labute approximate surface area is 187 Å². The first kappa shape index (κ1) is 19.0. The molecular formula is C25H24BN5O. The first-order valence-electron chi connectivity index (χ1n) is 10.9. The summed E-state index contributed by atoms with van der Waals surface area (Å²) in [4.78, 5) is 13.9. The van der Waals surface area contributed by atoms with E-state index in [1.54, 1.807) is 6.20 Å². The van der Waals surface area contributed by atoms with Gasteiger partial charge in [-0.2, -0.15) is 0 Å². The van der Waals surface area contributed by atoms with Gasteiger partial charge in [-0.15, -0.1) is 0 Å². The van der Waals surface area contributed by atoms with Crippen LogP contribution in [0.3, 0.4) is 0 Å². The molecule has 0 fully saturated rings. The van der Waals surface area contributed by atoms with Crippen molar-refractivity contribution in [3.8, 4) is 0 Å². The summed E-state index contributed by atoms with van der Waals surface area (Å²) in [5.74, 6) is 0.945. The van der Waals surface area contributed by atoms with Gasteiger partial charge in [0.2, 0.25) is 5.71 Å². The topological polar surface area (TPSA) is 48.6 Å². The molecule has 2 aliphatic heterocycles. The lowest BCUT2D eigenvalue weighted by Crippen LogP contribution is -2.64. The van der Waals surface area contributed by atoms with Crippen molar-refractivity contribution in [1.29, 1.82) is 0 Å². The van der Waals surface area contributed by atoms with Crippen molar-refractivity contribution in [3.05, 3.63) is 78.3 Å². The van der Waals surface area contributed by atoms with Gasteiger partial charge in [-0.05, 0) is 63.2 Å². The quantitative estimate of drug-likeness (QED) is 0.423. The monoisotopic (exact) mass is 421 g/mol. The molecule has 0 unspecified atom stereocenters. The van der Waals surface area contributed by atoms with Gasteiger partial charge < -0.3 is 9.34 Å². The van der Waals surface area contributed by atoms with Crippen molar-refractivity contribution in [2.24, 2.45) is 0 Å². The second-order valence-corrected chi connectivity index (χ2v) is 8.87. The molecule has 0 saturated heterocycles. The van der Waals surface area contributed by atoms with Gasteiger partial charge in [0.15, 0.2) is 5.82 Å². The lowest BCUT2D eigenvalue weighted by atomic mass is 9.58. The van der Waals surface area contributed by atoms with Crippen molar-refractivity contribution in [1.82, 2.24) is 14.9 Å². The zero-order valence-corrected chi connectivity index (χ0v) is 18.6. The summed E-state index contributed by atoms with van der Waals surface area (Å²) in [6, 6.07) is 18.6. The Bertz CT molecular complexity index is 1360. The van der Waals surface area contributed by atoms with Crippen LogP contribution in [0.2, 0.25) is 6.82 Å². The van der Waals surface area contributed by atoms with Crippen LogP contribution in [0.4, 0.5) is 17.2 Å². The average molecular weight is 421 g/mol. The molecule has 0 saturated carbocycles. The van der Waals surface area contributed by atoms with Gasteiger partial charge >= 0.3 is 6.85 Å². The van der Waals surface area contributed by atoms with Crippen molar-refractivity contribution in [3.63, 3.8) is 0 Å². The molecular weight excluding hydrogens is 397 g/mol. The van der Waals surface area contributed by atoms with Crippen molar-refractivity contribution < 1.29 is 4.42 Å². The summed E-state index contributed by atoms with van der Waals surface area (Å²) in [7, 11) is 0. The molecule has 3 aromatic heterocycles. The van der Waals surface area contributed by atoms with Gasteiger partial charge in [0, 0.05) is 34.7 Å². The molecule has 5 heterocycles. The van der Waals surface area contributed by atoms with E-state index in [2.05, 4.69) is 89.9 Å². The number of hydrogen-bond acceptors (Lipinski definition) is 6. The van der Waals surface area contributed by atoms with E-state index in [1.807, 2.05) is 24.4 Å². The summed E-state index contributed by atoms with van der Waals surface area (Å²) in [5, 5.41) is 3.41. The first-order chi connectivity index (χ1) is 15.5. The Morgan fingerprint density at radius 2 is 1.69 bits per heavy atom. The minimum Gasteiger partial charge on any atom is -0.450 e. The SMILES string of the molecule is CB1c2oc3ncccc3c2C=C(C)N1N1c2cccnc2N(c2ccccc2)C1(C)C. The molecule has 158 valence electrons. The van der Waals surface area contributed by atoms with Crippen LogP contribution >= 0.6 is 0 Å². The highest BCUT2D eigenvalue weighted by Gasteiger charge is 2.50. The fraction of sp³-hybridized carbons (Fsp3) is 0.200. The standard InChI is InChI=1S/C25H24BN5O/c1-17-16-20-19-12-8-15-28-24(19)32-22(20)26(4)31(17)30-21-13-9-14-27-23(21)29(25(30,2)3)18-10-6-5-7-11-18/h5-16H,1-4H3. The smallest absolute Gasteiger partial charge is 0.353 e. The molecule has 0 atom stereocenters. The van der Waals surface area contributed by atoms with E-state index in [9.17, 15) is 0 Å². The van der Waals surface area contributed by atoms with Gasteiger partial charge in [0.25, 0.3) is 0 Å². The number of furan rings is 1. The van der Waals surface area contributed by atoms with E-state index in [0.29, 0.717) is 5.71 Å². The third-order valence-corrected chi connectivity index (χ3v) is 6.50. The molecule has 0 bridgehead atoms. The van der Waals surface area contributed by atoms with Gasteiger partial charge in [-0.25, -0.2) is 9.97 Å². The van der Waals surface area contributed by atoms with Crippen LogP contribution < -0.4 is 15.6 Å². The van der Waals surface area contributed by atoms with E-state index in [4.69, 9.17) is 9.40 Å². The number of anilines is 3. The predicted octanol–water partition coefficient (Wildman–Crippen LogP) is 5.04. The summed E-state index contributed by atoms with van der Waals surface area (Å²) < 4.78 is 6.26. The summed E-state index contributed by atoms with van der Waals surface area (Å²) in [6.45, 7) is 8.81. The lowest BCUT2D eigenvalue weighted by Gasteiger charge is -2.49. The zero-order valence-electron chi connectivity index (χ0n) is 18.6. The van der Waals surface area contributed by atoms with Crippen LogP contribution in [0.1, 0.15) is 26.3 Å². The number of fused-ring (bicyclic) bond motifs is 4. The Morgan fingerprint density at radius 3 is 2.50 bits per heavy atom. The van der Waals surface area contributed by atoms with Crippen LogP contribution in [0.5, 0.6) is 0 Å². The van der Waals surface area contributed by atoms with Crippen LogP contribution in [0, 0.1) is 0 Å². The molecule has 0 radical (unpaired) electrons. The fourth-order valence-electron chi connectivity index (χ4n) is 5.22. The van der Waals surface area contributed by atoms with Gasteiger partial charge in [-0.1, -0.05) is 25.0 Å². The van der Waals surface area contributed by atoms with Crippen LogP contribution in [-0.4, -0.2) is 27.4 Å². The average Bonchev–Trinajstić information content (AvgIpc) is 3.27. The van der Waals surface area contributed by atoms with Crippen molar-refractivity contribution in [2.45, 2.75) is 33.3 Å². The largest absolute Gasteiger partial charge is 0.450 e. The summed E-state index contributed by atoms with van der Waals surface area (Å²) >= 11 is 0. The molecule has 6 nitrogen and oxygen atoms in total. The maximum Gasteiger partial charge on any atom is 0.353 e. The highest BCUT2D eigenvalue weighted by molar-refractivity contribution is 6.70. The zero-order chi connectivity index (χ0) is 22.0. The molecule has 1 aromatic carbocycles. The molecule has 0 spiro atoms. The van der Waals surface area contributed by atoms with Crippen molar-refractivity contribution >= 4 is 46.9 Å². The first-order valence-corrected chi connectivity index (χ1v) is 10.9. The highest BCUT2D eigenvalue weighted by Crippen LogP contribution is 2.49. The Hall–Kier alpha value is -3.74. The molecule has 32 heavy (non-hydrogen) atoms. The molecule has 0 N–H and O–H groups in total. The summed E-state index contributed by atoms with van der Waals surface area (Å²) in [5.41, 5.74) is 5.67. The second kappa shape index (κ2) is 6.63. The number of hydrogen-bond donors (Lipinski definition) is 0. The Balaban J connectivity index is 1.52. The number of hydrazine groups is 1.